The summed E-state index contributed by atoms with van der Waals surface area (Å²) in [5.41, 5.74) is 0. The molecule has 1 heterocycles. The summed E-state index contributed by atoms with van der Waals surface area (Å²) in [5, 5.41) is 0.0950. The Balaban J connectivity index is 1.98. The minimum Gasteiger partial charge on any atom is -0.336 e. The lowest BCUT2D eigenvalue weighted by atomic mass is 9.80. The van der Waals surface area contributed by atoms with Gasteiger partial charge in [0.05, 0.1) is 6.33 Å². The first-order chi connectivity index (χ1) is 9.56. The quantitative estimate of drug-likeness (QED) is 0.818. The number of sulfonamides is 1. The van der Waals surface area contributed by atoms with Crippen LogP contribution in [0.25, 0.3) is 0 Å². The van der Waals surface area contributed by atoms with E-state index in [9.17, 15) is 8.42 Å². The number of nitrogens with zero attached hydrogens (tertiary/aromatic N) is 2. The molecule has 1 saturated carbocycles. The van der Waals surface area contributed by atoms with E-state index < -0.39 is 10.0 Å². The van der Waals surface area contributed by atoms with Crippen molar-refractivity contribution in [3.63, 3.8) is 0 Å². The number of nitrogens with one attached hydrogen (secondary N) is 1. The van der Waals surface area contributed by atoms with Gasteiger partial charge in [0.1, 0.15) is 0 Å². The van der Waals surface area contributed by atoms with Crippen molar-refractivity contribution >= 4 is 21.6 Å². The molecule has 1 aromatic heterocycles. The van der Waals surface area contributed by atoms with E-state index in [1.165, 1.54) is 12.7 Å². The summed E-state index contributed by atoms with van der Waals surface area (Å²) < 4.78 is 28.8. The first-order valence-electron chi connectivity index (χ1n) is 7.14. The summed E-state index contributed by atoms with van der Waals surface area (Å²) in [7, 11) is -3.51. The Kier molecular flexibility index (Phi) is 5.46. The second-order valence-electron chi connectivity index (χ2n) is 5.35. The van der Waals surface area contributed by atoms with Crippen LogP contribution in [0.1, 0.15) is 32.6 Å². The van der Waals surface area contributed by atoms with E-state index in [0.29, 0.717) is 30.8 Å². The van der Waals surface area contributed by atoms with E-state index in [2.05, 4.69) is 9.71 Å². The molecule has 1 fully saturated rings. The fourth-order valence-corrected chi connectivity index (χ4v) is 4.15. The number of imidazole rings is 1. The van der Waals surface area contributed by atoms with E-state index in [-0.39, 0.29) is 5.03 Å². The van der Waals surface area contributed by atoms with Crippen LogP contribution in [0.15, 0.2) is 17.6 Å². The van der Waals surface area contributed by atoms with Gasteiger partial charge >= 0.3 is 0 Å². The van der Waals surface area contributed by atoms with E-state index in [1.54, 1.807) is 10.8 Å². The normalized spacial score (nSPS) is 23.9. The maximum absolute atomic E-state index is 12.2. The van der Waals surface area contributed by atoms with Gasteiger partial charge in [0.25, 0.3) is 10.0 Å². The van der Waals surface area contributed by atoms with E-state index in [0.717, 1.165) is 19.3 Å². The van der Waals surface area contributed by atoms with Crippen molar-refractivity contribution in [1.29, 1.82) is 0 Å². The molecule has 0 spiro atoms. The van der Waals surface area contributed by atoms with Crippen LogP contribution in [-0.4, -0.2) is 30.4 Å². The van der Waals surface area contributed by atoms with Crippen molar-refractivity contribution in [3.8, 4) is 0 Å². The Labute approximate surface area is 125 Å². The van der Waals surface area contributed by atoms with Gasteiger partial charge in [-0.3, -0.25) is 0 Å². The molecule has 2 unspecified atom stereocenters. The zero-order valence-corrected chi connectivity index (χ0v) is 13.3. The second kappa shape index (κ2) is 6.91. The summed E-state index contributed by atoms with van der Waals surface area (Å²) in [5.74, 6) is 1.36. The van der Waals surface area contributed by atoms with Gasteiger partial charge in [-0.25, -0.2) is 18.1 Å². The average Bonchev–Trinajstić information content (AvgIpc) is 2.95. The molecule has 114 valence electrons. The number of hydrogen-bond acceptors (Lipinski definition) is 3. The molecule has 2 atom stereocenters. The zero-order chi connectivity index (χ0) is 14.6. The standard InChI is InChI=1S/C13H22ClN3O2S/c1-2-17-9-13(15-10-17)20(18,19)16-8-12-6-4-3-5-11(12)7-14/h9-12,16H,2-8H2,1H3. The number of aryl methyl sites for hydroxylation is 1. The van der Waals surface area contributed by atoms with Crippen molar-refractivity contribution in [2.45, 2.75) is 44.2 Å². The van der Waals surface area contributed by atoms with Crippen LogP contribution < -0.4 is 4.72 Å². The molecular weight excluding hydrogens is 298 g/mol. The lowest BCUT2D eigenvalue weighted by Crippen LogP contribution is -2.35. The minimum absolute atomic E-state index is 0.0950. The Bertz CT molecular complexity index is 529. The van der Waals surface area contributed by atoms with Crippen LogP contribution in [0.3, 0.4) is 0 Å². The van der Waals surface area contributed by atoms with Gasteiger partial charge in [-0.2, -0.15) is 0 Å². The van der Waals surface area contributed by atoms with Gasteiger partial charge in [-0.05, 0) is 31.6 Å². The maximum atomic E-state index is 12.2. The molecular formula is C13H22ClN3O2S. The number of alkyl halides is 1. The van der Waals surface area contributed by atoms with Gasteiger partial charge in [-0.1, -0.05) is 12.8 Å². The fourth-order valence-electron chi connectivity index (χ4n) is 2.70. The molecule has 1 aliphatic carbocycles. The van der Waals surface area contributed by atoms with Crippen LogP contribution in [0.4, 0.5) is 0 Å². The van der Waals surface area contributed by atoms with E-state index in [4.69, 9.17) is 11.6 Å². The molecule has 0 radical (unpaired) electrons. The van der Waals surface area contributed by atoms with Crippen LogP contribution in [0.2, 0.25) is 0 Å². The molecule has 20 heavy (non-hydrogen) atoms. The average molecular weight is 320 g/mol. The number of hydrogen-bond donors (Lipinski definition) is 1. The molecule has 2 rings (SSSR count). The van der Waals surface area contributed by atoms with Crippen LogP contribution in [0, 0.1) is 11.8 Å². The second-order valence-corrected chi connectivity index (χ2v) is 7.38. The summed E-state index contributed by atoms with van der Waals surface area (Å²) in [6.07, 6.45) is 7.59. The Morgan fingerprint density at radius 3 is 2.70 bits per heavy atom. The number of aromatic nitrogens is 2. The number of rotatable bonds is 6. The van der Waals surface area contributed by atoms with Gasteiger partial charge < -0.3 is 4.57 Å². The zero-order valence-electron chi connectivity index (χ0n) is 11.8. The van der Waals surface area contributed by atoms with Gasteiger partial charge in [0.2, 0.25) is 0 Å². The minimum atomic E-state index is -3.51. The summed E-state index contributed by atoms with van der Waals surface area (Å²) in [6, 6.07) is 0. The van der Waals surface area contributed by atoms with Crippen molar-refractivity contribution in [2.24, 2.45) is 11.8 Å². The molecule has 0 bridgehead atoms. The van der Waals surface area contributed by atoms with Crippen LogP contribution >= 0.6 is 11.6 Å². The molecule has 0 amide bonds. The van der Waals surface area contributed by atoms with Crippen molar-refractivity contribution in [1.82, 2.24) is 14.3 Å². The molecule has 5 nitrogen and oxygen atoms in total. The summed E-state index contributed by atoms with van der Waals surface area (Å²) in [6.45, 7) is 3.11. The highest BCUT2D eigenvalue weighted by atomic mass is 35.5. The smallest absolute Gasteiger partial charge is 0.259 e. The topological polar surface area (TPSA) is 64.0 Å². The van der Waals surface area contributed by atoms with Crippen molar-refractivity contribution in [3.05, 3.63) is 12.5 Å². The molecule has 0 saturated heterocycles. The van der Waals surface area contributed by atoms with Crippen molar-refractivity contribution in [2.75, 3.05) is 12.4 Å². The lowest BCUT2D eigenvalue weighted by Gasteiger charge is -2.30. The molecule has 0 aliphatic heterocycles. The van der Waals surface area contributed by atoms with Gasteiger partial charge in [0, 0.05) is 25.2 Å². The molecule has 1 aromatic rings. The lowest BCUT2D eigenvalue weighted by molar-refractivity contribution is 0.260. The maximum Gasteiger partial charge on any atom is 0.259 e. The third-order valence-electron chi connectivity index (χ3n) is 4.05. The largest absolute Gasteiger partial charge is 0.336 e. The van der Waals surface area contributed by atoms with Gasteiger partial charge in [0.15, 0.2) is 5.03 Å². The van der Waals surface area contributed by atoms with Gasteiger partial charge in [-0.15, -0.1) is 11.6 Å². The predicted molar refractivity (Wildman–Crippen MR) is 79.3 cm³/mol. The van der Waals surface area contributed by atoms with E-state index >= 15 is 0 Å². The molecule has 1 N–H and O–H groups in total. The Hall–Kier alpha value is -0.590. The summed E-state index contributed by atoms with van der Waals surface area (Å²) >= 11 is 5.97. The SMILES string of the molecule is CCn1cnc(S(=O)(=O)NCC2CCCCC2CCl)c1. The first kappa shape index (κ1) is 15.8. The van der Waals surface area contributed by atoms with Crippen LogP contribution in [0.5, 0.6) is 0 Å². The van der Waals surface area contributed by atoms with E-state index in [1.807, 2.05) is 6.92 Å². The Morgan fingerprint density at radius 2 is 2.10 bits per heavy atom. The summed E-state index contributed by atoms with van der Waals surface area (Å²) in [4.78, 5) is 3.95. The van der Waals surface area contributed by atoms with Crippen LogP contribution in [-0.2, 0) is 16.6 Å². The van der Waals surface area contributed by atoms with Crippen molar-refractivity contribution < 1.29 is 8.42 Å². The fraction of sp³-hybridized carbons (Fsp3) is 0.769. The number of halogens is 1. The molecule has 0 aromatic carbocycles. The third-order valence-corrected chi connectivity index (χ3v) is 5.75. The highest BCUT2D eigenvalue weighted by Gasteiger charge is 2.26. The monoisotopic (exact) mass is 319 g/mol. The first-order valence-corrected chi connectivity index (χ1v) is 9.16. The predicted octanol–water partition coefficient (Wildman–Crippen LogP) is 2.23. The third kappa shape index (κ3) is 3.74. The Morgan fingerprint density at radius 1 is 1.40 bits per heavy atom. The highest BCUT2D eigenvalue weighted by molar-refractivity contribution is 7.89. The molecule has 7 heteroatoms. The highest BCUT2D eigenvalue weighted by Crippen LogP contribution is 2.30. The molecule has 1 aliphatic rings.